The number of nitrogens with zero attached hydrogens (tertiary/aromatic N) is 4. The van der Waals surface area contributed by atoms with Gasteiger partial charge in [-0.25, -0.2) is 13.8 Å². The Kier molecular flexibility index (Phi) is 6.69. The topological polar surface area (TPSA) is 70.5 Å². The van der Waals surface area contributed by atoms with E-state index in [9.17, 15) is 18.4 Å². The number of halogens is 2. The number of para-hydroxylation sites is 1. The van der Waals surface area contributed by atoms with Gasteiger partial charge in [-0.1, -0.05) is 32.0 Å². The number of anilines is 1. The average Bonchev–Trinajstić information content (AvgIpc) is 3.17. The van der Waals surface area contributed by atoms with Gasteiger partial charge in [0.1, 0.15) is 6.04 Å². The van der Waals surface area contributed by atoms with Crippen LogP contribution in [0, 0.1) is 17.6 Å². The van der Waals surface area contributed by atoms with E-state index in [0.29, 0.717) is 37.2 Å². The summed E-state index contributed by atoms with van der Waals surface area (Å²) >= 11 is 0. The minimum atomic E-state index is -0.971. The molecule has 1 aliphatic heterocycles. The summed E-state index contributed by atoms with van der Waals surface area (Å²) in [6.45, 7) is 6.19. The van der Waals surface area contributed by atoms with Crippen molar-refractivity contribution >= 4 is 28.5 Å². The maximum absolute atomic E-state index is 13.9. The predicted molar refractivity (Wildman–Crippen MR) is 122 cm³/mol. The minimum Gasteiger partial charge on any atom is -0.338 e. The smallest absolute Gasteiger partial charge is 0.246 e. The Labute approximate surface area is 191 Å². The first kappa shape index (κ1) is 22.8. The van der Waals surface area contributed by atoms with Crippen LogP contribution in [0.3, 0.4) is 0 Å². The number of hydrogen-bond donors (Lipinski definition) is 1. The van der Waals surface area contributed by atoms with E-state index in [2.05, 4.69) is 10.3 Å². The lowest BCUT2D eigenvalue weighted by Gasteiger charge is -2.37. The van der Waals surface area contributed by atoms with Gasteiger partial charge < -0.3 is 14.8 Å². The molecule has 9 heteroatoms. The molecule has 0 radical (unpaired) electrons. The number of nitrogens with one attached hydrogen (secondary N) is 1. The van der Waals surface area contributed by atoms with Gasteiger partial charge in [-0.15, -0.1) is 0 Å². The molecule has 0 bridgehead atoms. The number of amides is 2. The Morgan fingerprint density at radius 2 is 1.70 bits per heavy atom. The Morgan fingerprint density at radius 3 is 2.36 bits per heavy atom. The number of fused-ring (bicyclic) bond motifs is 1. The van der Waals surface area contributed by atoms with Crippen molar-refractivity contribution < 1.29 is 18.4 Å². The summed E-state index contributed by atoms with van der Waals surface area (Å²) in [6.07, 6.45) is 1.47. The number of imidazole rings is 1. The van der Waals surface area contributed by atoms with Gasteiger partial charge >= 0.3 is 0 Å². The van der Waals surface area contributed by atoms with Crippen LogP contribution in [0.5, 0.6) is 0 Å². The standard InChI is InChI=1S/C24H27F2N5O2/c1-16(2)23(31-15-27-20-12-18(25)19(26)13-21(20)31)24(33)30-10-8-29(9-11-30)14-22(32)28-17-6-4-3-5-7-17/h3-7,12-13,15-16,23H,8-11,14H2,1-2H3,(H,28,32). The summed E-state index contributed by atoms with van der Waals surface area (Å²) in [4.78, 5) is 33.7. The number of piperazine rings is 1. The first-order valence-electron chi connectivity index (χ1n) is 11.0. The number of aromatic nitrogens is 2. The van der Waals surface area contributed by atoms with E-state index in [1.54, 1.807) is 9.47 Å². The van der Waals surface area contributed by atoms with Crippen LogP contribution in [0.4, 0.5) is 14.5 Å². The number of carbonyl (C=O) groups excluding carboxylic acids is 2. The van der Waals surface area contributed by atoms with E-state index in [4.69, 9.17) is 0 Å². The van der Waals surface area contributed by atoms with Crippen molar-refractivity contribution in [2.75, 3.05) is 38.0 Å². The number of rotatable bonds is 6. The van der Waals surface area contributed by atoms with Crippen LogP contribution < -0.4 is 5.32 Å². The van der Waals surface area contributed by atoms with Gasteiger partial charge in [-0.3, -0.25) is 14.5 Å². The van der Waals surface area contributed by atoms with Gasteiger partial charge in [0.25, 0.3) is 0 Å². The van der Waals surface area contributed by atoms with Crippen LogP contribution in [-0.2, 0) is 9.59 Å². The molecule has 33 heavy (non-hydrogen) atoms. The molecule has 0 aliphatic carbocycles. The van der Waals surface area contributed by atoms with Crippen LogP contribution in [0.1, 0.15) is 19.9 Å². The molecule has 2 amide bonds. The second kappa shape index (κ2) is 9.66. The van der Waals surface area contributed by atoms with Crippen molar-refractivity contribution in [3.8, 4) is 0 Å². The van der Waals surface area contributed by atoms with Gasteiger partial charge in [-0.2, -0.15) is 0 Å². The van der Waals surface area contributed by atoms with E-state index in [0.717, 1.165) is 17.8 Å². The lowest BCUT2D eigenvalue weighted by Crippen LogP contribution is -2.52. The molecule has 1 fully saturated rings. The van der Waals surface area contributed by atoms with E-state index < -0.39 is 17.7 Å². The Morgan fingerprint density at radius 1 is 1.03 bits per heavy atom. The fraction of sp³-hybridized carbons (Fsp3) is 0.375. The molecule has 1 atom stereocenters. The third-order valence-corrected chi connectivity index (χ3v) is 5.91. The van der Waals surface area contributed by atoms with E-state index in [1.165, 1.54) is 6.33 Å². The molecule has 2 heterocycles. The highest BCUT2D eigenvalue weighted by Gasteiger charge is 2.32. The SMILES string of the molecule is CC(C)C(C(=O)N1CCN(CC(=O)Nc2ccccc2)CC1)n1cnc2cc(F)c(F)cc21. The molecule has 174 valence electrons. The Balaban J connectivity index is 1.40. The second-order valence-corrected chi connectivity index (χ2v) is 8.61. The quantitative estimate of drug-likeness (QED) is 0.619. The van der Waals surface area contributed by atoms with Crippen LogP contribution in [0.15, 0.2) is 48.8 Å². The zero-order chi connectivity index (χ0) is 23.5. The molecule has 2 aromatic carbocycles. The average molecular weight is 456 g/mol. The monoisotopic (exact) mass is 455 g/mol. The predicted octanol–water partition coefficient (Wildman–Crippen LogP) is 3.29. The van der Waals surface area contributed by atoms with Crippen molar-refractivity contribution in [1.29, 1.82) is 0 Å². The van der Waals surface area contributed by atoms with Gasteiger partial charge in [0.05, 0.1) is 23.9 Å². The van der Waals surface area contributed by atoms with Crippen molar-refractivity contribution in [1.82, 2.24) is 19.4 Å². The minimum absolute atomic E-state index is 0.0855. The molecule has 0 spiro atoms. The summed E-state index contributed by atoms with van der Waals surface area (Å²) in [5.41, 5.74) is 1.44. The van der Waals surface area contributed by atoms with Crippen molar-refractivity contribution in [2.24, 2.45) is 5.92 Å². The molecule has 4 rings (SSSR count). The number of carbonyl (C=O) groups is 2. The lowest BCUT2D eigenvalue weighted by atomic mass is 10.0. The maximum Gasteiger partial charge on any atom is 0.246 e. The van der Waals surface area contributed by atoms with Crippen LogP contribution >= 0.6 is 0 Å². The van der Waals surface area contributed by atoms with Crippen molar-refractivity contribution in [3.05, 3.63) is 60.4 Å². The maximum atomic E-state index is 13.9. The highest BCUT2D eigenvalue weighted by atomic mass is 19.2. The summed E-state index contributed by atoms with van der Waals surface area (Å²) in [6, 6.07) is 10.8. The summed E-state index contributed by atoms with van der Waals surface area (Å²) in [5, 5.41) is 2.87. The summed E-state index contributed by atoms with van der Waals surface area (Å²) in [7, 11) is 0. The van der Waals surface area contributed by atoms with Crippen molar-refractivity contribution in [3.63, 3.8) is 0 Å². The van der Waals surface area contributed by atoms with Crippen LogP contribution in [0.2, 0.25) is 0 Å². The summed E-state index contributed by atoms with van der Waals surface area (Å²) in [5.74, 6) is -2.21. The normalized spacial score (nSPS) is 15.7. The molecule has 1 unspecified atom stereocenters. The fourth-order valence-corrected chi connectivity index (χ4v) is 4.21. The third-order valence-electron chi connectivity index (χ3n) is 5.91. The molecule has 1 aliphatic rings. The van der Waals surface area contributed by atoms with E-state index >= 15 is 0 Å². The molecule has 7 nitrogen and oxygen atoms in total. The molecule has 1 aromatic heterocycles. The lowest BCUT2D eigenvalue weighted by molar-refractivity contribution is -0.137. The highest BCUT2D eigenvalue weighted by Crippen LogP contribution is 2.27. The highest BCUT2D eigenvalue weighted by molar-refractivity contribution is 5.92. The zero-order valence-corrected chi connectivity index (χ0v) is 18.7. The van der Waals surface area contributed by atoms with Crippen LogP contribution in [-0.4, -0.2) is 63.9 Å². The molecular formula is C24H27F2N5O2. The Hall–Kier alpha value is -3.33. The van der Waals surface area contributed by atoms with Gasteiger partial charge in [0.2, 0.25) is 11.8 Å². The molecule has 1 N–H and O–H groups in total. The molecule has 3 aromatic rings. The Bertz CT molecular complexity index is 1140. The third kappa shape index (κ3) is 5.03. The van der Waals surface area contributed by atoms with E-state index in [1.807, 2.05) is 49.1 Å². The molecule has 1 saturated heterocycles. The van der Waals surface area contributed by atoms with Gasteiger partial charge in [0.15, 0.2) is 11.6 Å². The van der Waals surface area contributed by atoms with Gasteiger partial charge in [0, 0.05) is 44.0 Å². The fourth-order valence-electron chi connectivity index (χ4n) is 4.21. The first-order chi connectivity index (χ1) is 15.8. The van der Waals surface area contributed by atoms with Crippen molar-refractivity contribution in [2.45, 2.75) is 19.9 Å². The first-order valence-corrected chi connectivity index (χ1v) is 11.0. The molecule has 0 saturated carbocycles. The zero-order valence-electron chi connectivity index (χ0n) is 18.7. The number of hydrogen-bond acceptors (Lipinski definition) is 4. The van der Waals surface area contributed by atoms with E-state index in [-0.39, 0.29) is 24.3 Å². The molecular weight excluding hydrogens is 428 g/mol. The largest absolute Gasteiger partial charge is 0.338 e. The summed E-state index contributed by atoms with van der Waals surface area (Å²) < 4.78 is 29.1. The second-order valence-electron chi connectivity index (χ2n) is 8.61. The number of benzene rings is 2. The van der Waals surface area contributed by atoms with Gasteiger partial charge in [-0.05, 0) is 18.1 Å². The van der Waals surface area contributed by atoms with Crippen LogP contribution in [0.25, 0.3) is 11.0 Å².